The van der Waals surface area contributed by atoms with E-state index in [4.69, 9.17) is 0 Å². The molecule has 1 unspecified atom stereocenters. The zero-order chi connectivity index (χ0) is 20.5. The maximum Gasteiger partial charge on any atom is 0.296 e. The van der Waals surface area contributed by atoms with Gasteiger partial charge in [-0.05, 0) is 35.7 Å². The third kappa shape index (κ3) is 4.01. The smallest absolute Gasteiger partial charge is 0.258 e. The topological polar surface area (TPSA) is 124 Å². The van der Waals surface area contributed by atoms with Gasteiger partial charge in [0, 0.05) is 25.1 Å². The van der Waals surface area contributed by atoms with Crippen LogP contribution in [0.5, 0.6) is 0 Å². The molecule has 150 valence electrons. The van der Waals surface area contributed by atoms with Crippen LogP contribution in [0.25, 0.3) is 0 Å². The molecule has 0 aromatic heterocycles. The largest absolute Gasteiger partial charge is 0.296 e. The number of piperidine rings is 1. The number of non-ortho nitro benzene ring substituents is 1. The Balaban J connectivity index is 1.82. The van der Waals surface area contributed by atoms with Gasteiger partial charge in [-0.25, -0.2) is 8.42 Å². The first kappa shape index (κ1) is 20.6. The first-order valence-corrected chi connectivity index (χ1v) is 10.9. The molecule has 1 aliphatic heterocycles. The van der Waals surface area contributed by atoms with Crippen LogP contribution in [0.4, 0.5) is 11.4 Å². The minimum Gasteiger partial charge on any atom is -0.258 e. The van der Waals surface area contributed by atoms with Crippen LogP contribution in [-0.4, -0.2) is 35.7 Å². The zero-order valence-corrected chi connectivity index (χ0v) is 17.1. The van der Waals surface area contributed by atoms with E-state index in [1.165, 1.54) is 4.31 Å². The molecule has 1 fully saturated rings. The van der Waals surface area contributed by atoms with E-state index in [0.29, 0.717) is 18.9 Å². The van der Waals surface area contributed by atoms with Crippen molar-refractivity contribution < 1.29 is 18.3 Å². The summed E-state index contributed by atoms with van der Waals surface area (Å²) in [6.45, 7) is 0.484. The first-order chi connectivity index (χ1) is 13.2. The van der Waals surface area contributed by atoms with Gasteiger partial charge in [-0.3, -0.25) is 20.2 Å². The quantitative estimate of drug-likeness (QED) is 0.365. The molecule has 3 rings (SSSR count). The van der Waals surface area contributed by atoms with Gasteiger partial charge in [0.05, 0.1) is 15.9 Å². The van der Waals surface area contributed by atoms with E-state index in [-0.39, 0.29) is 24.9 Å². The van der Waals surface area contributed by atoms with Gasteiger partial charge in [0.1, 0.15) is 0 Å². The van der Waals surface area contributed by atoms with Crippen LogP contribution in [0.15, 0.2) is 45.8 Å². The molecular formula is C17H18BrN3O6S. The van der Waals surface area contributed by atoms with Crippen molar-refractivity contribution in [3.63, 3.8) is 0 Å². The highest BCUT2D eigenvalue weighted by atomic mass is 79.9. The van der Waals surface area contributed by atoms with E-state index in [0.717, 1.165) is 23.0 Å². The maximum atomic E-state index is 13.0. The molecule has 0 N–H and O–H groups in total. The maximum absolute atomic E-state index is 13.0. The number of nitro benzene ring substituents is 2. The van der Waals surface area contributed by atoms with Crippen LogP contribution in [-0.2, 0) is 10.0 Å². The third-order valence-electron chi connectivity index (χ3n) is 5.09. The third-order valence-corrected chi connectivity index (χ3v) is 7.88. The average molecular weight is 472 g/mol. The summed E-state index contributed by atoms with van der Waals surface area (Å²) < 4.78 is 28.2. The summed E-state index contributed by atoms with van der Waals surface area (Å²) in [5.74, 6) is 0.493. The molecular weight excluding hydrogens is 454 g/mol. The minimum absolute atomic E-state index is 0.215. The first-order valence-electron chi connectivity index (χ1n) is 8.67. The lowest BCUT2D eigenvalue weighted by atomic mass is 9.83. The summed E-state index contributed by atoms with van der Waals surface area (Å²) in [5.41, 5.74) is -1.30. The average Bonchev–Trinajstić information content (AvgIpc) is 2.68. The Hall–Kier alpha value is -2.11. The molecule has 1 saturated heterocycles. The summed E-state index contributed by atoms with van der Waals surface area (Å²) in [7, 11) is -4.12. The Labute approximate surface area is 170 Å². The predicted octanol–water partition coefficient (Wildman–Crippen LogP) is 3.76. The van der Waals surface area contributed by atoms with E-state index >= 15 is 0 Å². The highest BCUT2D eigenvalue weighted by Gasteiger charge is 2.37. The van der Waals surface area contributed by atoms with Gasteiger partial charge < -0.3 is 0 Å². The number of hydrogen-bond acceptors (Lipinski definition) is 6. The van der Waals surface area contributed by atoms with Crippen molar-refractivity contribution in [3.05, 3.63) is 61.1 Å². The second kappa shape index (κ2) is 8.10. The molecule has 1 aromatic rings. The summed E-state index contributed by atoms with van der Waals surface area (Å²) in [5, 5.41) is 22.2. The Morgan fingerprint density at radius 2 is 1.79 bits per heavy atom. The van der Waals surface area contributed by atoms with Crippen molar-refractivity contribution >= 4 is 37.3 Å². The number of halogens is 1. The van der Waals surface area contributed by atoms with Gasteiger partial charge in [0.15, 0.2) is 4.90 Å². The lowest BCUT2D eigenvalue weighted by Crippen LogP contribution is -2.40. The van der Waals surface area contributed by atoms with Crippen LogP contribution in [0.1, 0.15) is 19.3 Å². The Morgan fingerprint density at radius 3 is 2.36 bits per heavy atom. The predicted molar refractivity (Wildman–Crippen MR) is 105 cm³/mol. The summed E-state index contributed by atoms with van der Waals surface area (Å²) in [6.07, 6.45) is 8.41. The van der Waals surface area contributed by atoms with Gasteiger partial charge in [0.2, 0.25) is 10.0 Å². The fraction of sp³-hybridized carbons (Fsp3) is 0.412. The number of benzene rings is 1. The van der Waals surface area contributed by atoms with Crippen LogP contribution in [0, 0.1) is 32.1 Å². The highest BCUT2D eigenvalue weighted by molar-refractivity contribution is 9.11. The van der Waals surface area contributed by atoms with Crippen molar-refractivity contribution in [1.29, 1.82) is 0 Å². The van der Waals surface area contributed by atoms with E-state index < -0.39 is 36.1 Å². The van der Waals surface area contributed by atoms with Crippen LogP contribution >= 0.6 is 15.9 Å². The Morgan fingerprint density at radius 1 is 1.11 bits per heavy atom. The lowest BCUT2D eigenvalue weighted by molar-refractivity contribution is -0.396. The van der Waals surface area contributed by atoms with Crippen molar-refractivity contribution in [2.75, 3.05) is 13.1 Å². The van der Waals surface area contributed by atoms with Gasteiger partial charge in [-0.1, -0.05) is 34.2 Å². The van der Waals surface area contributed by atoms with E-state index in [9.17, 15) is 28.6 Å². The fourth-order valence-corrected chi connectivity index (χ4v) is 5.93. The number of rotatable bonds is 5. The van der Waals surface area contributed by atoms with Crippen LogP contribution in [0.3, 0.4) is 0 Å². The Kier molecular flexibility index (Phi) is 5.96. The van der Waals surface area contributed by atoms with Gasteiger partial charge in [-0.15, -0.1) is 0 Å². The molecule has 9 nitrogen and oxygen atoms in total. The van der Waals surface area contributed by atoms with Gasteiger partial charge in [0.25, 0.3) is 11.4 Å². The number of hydrogen-bond donors (Lipinski definition) is 0. The van der Waals surface area contributed by atoms with Crippen LogP contribution in [0.2, 0.25) is 0 Å². The second-order valence-corrected chi connectivity index (χ2v) is 9.51. The van der Waals surface area contributed by atoms with Crippen LogP contribution < -0.4 is 0 Å². The molecule has 28 heavy (non-hydrogen) atoms. The van der Waals surface area contributed by atoms with Crippen molar-refractivity contribution in [2.24, 2.45) is 11.8 Å². The summed E-state index contributed by atoms with van der Waals surface area (Å²) in [4.78, 5) is 20.0. The van der Waals surface area contributed by atoms with E-state index in [1.54, 1.807) is 0 Å². The van der Waals surface area contributed by atoms with Crippen molar-refractivity contribution in [2.45, 2.75) is 24.2 Å². The minimum atomic E-state index is -4.12. The Bertz CT molecular complexity index is 967. The molecule has 0 spiro atoms. The highest BCUT2D eigenvalue weighted by Crippen LogP contribution is 2.38. The standard InChI is InChI=1S/C17H18BrN3O6S/c18-15-4-2-1-3-14(15)12-7-9-19(10-8-12)28(26,27)17-6-5-13(20(22)23)11-16(17)21(24)25/h1,3-6,11-12,14H,2,7-10H2. The molecule has 1 atom stereocenters. The lowest BCUT2D eigenvalue weighted by Gasteiger charge is -2.35. The molecule has 0 radical (unpaired) electrons. The second-order valence-electron chi connectivity index (χ2n) is 6.69. The number of sulfonamides is 1. The molecule has 1 heterocycles. The normalized spacial score (nSPS) is 21.3. The molecule has 0 saturated carbocycles. The van der Waals surface area contributed by atoms with Crippen molar-refractivity contribution in [3.8, 4) is 0 Å². The SMILES string of the molecule is O=[N+]([O-])c1ccc(S(=O)(=O)N2CCC(C3C=CCC=C3Br)CC2)c([N+](=O)[O-])c1. The summed E-state index contributed by atoms with van der Waals surface area (Å²) in [6, 6.07) is 2.61. The fourth-order valence-electron chi connectivity index (χ4n) is 3.61. The molecule has 0 amide bonds. The molecule has 1 aliphatic carbocycles. The number of nitro groups is 2. The van der Waals surface area contributed by atoms with E-state index in [1.807, 2.05) is 0 Å². The van der Waals surface area contributed by atoms with Gasteiger partial charge in [-0.2, -0.15) is 4.31 Å². The number of allylic oxidation sites excluding steroid dienone is 4. The zero-order valence-electron chi connectivity index (χ0n) is 14.7. The van der Waals surface area contributed by atoms with E-state index in [2.05, 4.69) is 34.2 Å². The van der Waals surface area contributed by atoms with Gasteiger partial charge >= 0.3 is 0 Å². The molecule has 0 bridgehead atoms. The molecule has 1 aromatic carbocycles. The molecule has 11 heteroatoms. The number of nitrogens with zero attached hydrogens (tertiary/aromatic N) is 3. The summed E-state index contributed by atoms with van der Waals surface area (Å²) >= 11 is 3.57. The molecule has 2 aliphatic rings. The van der Waals surface area contributed by atoms with Crippen molar-refractivity contribution in [1.82, 2.24) is 4.31 Å². The monoisotopic (exact) mass is 471 g/mol.